The van der Waals surface area contributed by atoms with Crippen molar-refractivity contribution >= 4 is 46.6 Å². The van der Waals surface area contributed by atoms with Gasteiger partial charge in [-0.2, -0.15) is 0 Å². The molecule has 0 spiro atoms. The zero-order valence-corrected chi connectivity index (χ0v) is 20.7. The van der Waals surface area contributed by atoms with Crippen molar-refractivity contribution in [3.05, 3.63) is 99.8 Å². The fourth-order valence-electron chi connectivity index (χ4n) is 3.23. The molecule has 4 rings (SSSR count). The molecular formula is C25H22Cl2N4O2S. The van der Waals surface area contributed by atoms with Crippen molar-refractivity contribution in [3.8, 4) is 5.75 Å². The highest BCUT2D eigenvalue weighted by molar-refractivity contribution is 7.99. The number of nitrogens with one attached hydrogen (secondary N) is 1. The number of ether oxygens (including phenoxy) is 1. The second-order valence-electron chi connectivity index (χ2n) is 7.49. The van der Waals surface area contributed by atoms with Gasteiger partial charge in [0, 0.05) is 5.02 Å². The quantitative estimate of drug-likeness (QED) is 0.268. The van der Waals surface area contributed by atoms with Gasteiger partial charge in [-0.3, -0.25) is 9.36 Å². The molecule has 6 nitrogen and oxygen atoms in total. The molecule has 0 fully saturated rings. The predicted molar refractivity (Wildman–Crippen MR) is 137 cm³/mol. The first-order valence-electron chi connectivity index (χ1n) is 10.5. The van der Waals surface area contributed by atoms with E-state index < -0.39 is 0 Å². The smallest absolute Gasteiger partial charge is 0.234 e. The number of hydrogen-bond acceptors (Lipinski definition) is 5. The van der Waals surface area contributed by atoms with Crippen molar-refractivity contribution in [2.75, 3.05) is 11.1 Å². The van der Waals surface area contributed by atoms with Crippen molar-refractivity contribution < 1.29 is 9.53 Å². The van der Waals surface area contributed by atoms with E-state index in [4.69, 9.17) is 27.9 Å². The average molecular weight is 513 g/mol. The third-order valence-electron chi connectivity index (χ3n) is 4.96. The third kappa shape index (κ3) is 6.32. The molecule has 1 heterocycles. The molecule has 0 aliphatic carbocycles. The topological polar surface area (TPSA) is 69.0 Å². The number of aromatic nitrogens is 3. The van der Waals surface area contributed by atoms with Crippen LogP contribution in [0.15, 0.2) is 78.0 Å². The van der Waals surface area contributed by atoms with Gasteiger partial charge in [0.25, 0.3) is 0 Å². The van der Waals surface area contributed by atoms with Gasteiger partial charge >= 0.3 is 0 Å². The summed E-state index contributed by atoms with van der Waals surface area (Å²) >= 11 is 13.4. The first-order chi connectivity index (χ1) is 16.5. The number of hydrogen-bond donors (Lipinski definition) is 1. The highest BCUT2D eigenvalue weighted by Gasteiger charge is 2.16. The van der Waals surface area contributed by atoms with Gasteiger partial charge in [-0.25, -0.2) is 0 Å². The van der Waals surface area contributed by atoms with Crippen LogP contribution in [-0.4, -0.2) is 26.4 Å². The Balaban J connectivity index is 1.48. The summed E-state index contributed by atoms with van der Waals surface area (Å²) in [4.78, 5) is 12.5. The van der Waals surface area contributed by atoms with Crippen LogP contribution in [0.25, 0.3) is 0 Å². The number of carbonyl (C=O) groups excluding carboxylic acids is 1. The lowest BCUT2D eigenvalue weighted by Gasteiger charge is -2.12. The molecule has 1 N–H and O–H groups in total. The molecule has 1 aromatic heterocycles. The van der Waals surface area contributed by atoms with E-state index >= 15 is 0 Å². The molecule has 4 aromatic rings. The van der Waals surface area contributed by atoms with Gasteiger partial charge in [0.1, 0.15) is 12.4 Å². The largest absolute Gasteiger partial charge is 0.485 e. The number of amides is 1. The van der Waals surface area contributed by atoms with Crippen LogP contribution in [-0.2, 0) is 17.9 Å². The summed E-state index contributed by atoms with van der Waals surface area (Å²) in [6.45, 7) is 2.82. The van der Waals surface area contributed by atoms with E-state index in [2.05, 4.69) is 15.5 Å². The highest BCUT2D eigenvalue weighted by Crippen LogP contribution is 2.26. The number of para-hydroxylation sites is 1. The zero-order chi connectivity index (χ0) is 23.9. The summed E-state index contributed by atoms with van der Waals surface area (Å²) < 4.78 is 7.98. The molecule has 0 saturated carbocycles. The number of benzene rings is 3. The minimum Gasteiger partial charge on any atom is -0.485 e. The van der Waals surface area contributed by atoms with Crippen LogP contribution < -0.4 is 10.1 Å². The predicted octanol–water partition coefficient (Wildman–Crippen LogP) is 6.25. The van der Waals surface area contributed by atoms with E-state index in [9.17, 15) is 4.79 Å². The lowest BCUT2D eigenvalue weighted by molar-refractivity contribution is -0.113. The lowest BCUT2D eigenvalue weighted by Crippen LogP contribution is -2.15. The van der Waals surface area contributed by atoms with Crippen LogP contribution >= 0.6 is 35.0 Å². The van der Waals surface area contributed by atoms with Gasteiger partial charge in [-0.1, -0.05) is 83.5 Å². The Bertz CT molecular complexity index is 1280. The van der Waals surface area contributed by atoms with Crippen LogP contribution in [0.2, 0.25) is 10.0 Å². The van der Waals surface area contributed by atoms with Gasteiger partial charge in [-0.15, -0.1) is 10.2 Å². The van der Waals surface area contributed by atoms with E-state index in [1.165, 1.54) is 11.8 Å². The molecule has 0 saturated heterocycles. The van der Waals surface area contributed by atoms with E-state index in [1.807, 2.05) is 66.1 Å². The Morgan fingerprint density at radius 1 is 1.03 bits per heavy atom. The maximum absolute atomic E-state index is 12.5. The number of rotatable bonds is 9. The fraction of sp³-hybridized carbons (Fsp3) is 0.160. The van der Waals surface area contributed by atoms with Crippen molar-refractivity contribution in [3.63, 3.8) is 0 Å². The van der Waals surface area contributed by atoms with Crippen molar-refractivity contribution in [2.45, 2.75) is 25.2 Å². The van der Waals surface area contributed by atoms with Crippen LogP contribution in [0.1, 0.15) is 17.0 Å². The number of thioether (sulfide) groups is 1. The molecule has 0 radical (unpaired) electrons. The first-order valence-corrected chi connectivity index (χ1v) is 12.3. The molecule has 9 heteroatoms. The van der Waals surface area contributed by atoms with Gasteiger partial charge in [0.05, 0.1) is 23.0 Å². The summed E-state index contributed by atoms with van der Waals surface area (Å²) in [7, 11) is 0. The standard InChI is InChI=1S/C25H22Cl2N4O2S/c1-17-7-5-6-10-22(17)33-15-23-29-30-25(31(23)14-18-8-3-2-4-9-18)34-16-24(32)28-21-12-11-19(26)13-20(21)27/h2-13H,14-16H2,1H3,(H,28,32). The number of carbonyl (C=O) groups is 1. The second-order valence-corrected chi connectivity index (χ2v) is 9.27. The van der Waals surface area contributed by atoms with Gasteiger partial charge in [0.15, 0.2) is 11.0 Å². The van der Waals surface area contributed by atoms with Gasteiger partial charge in [0.2, 0.25) is 5.91 Å². The summed E-state index contributed by atoms with van der Waals surface area (Å²) in [5.41, 5.74) is 2.65. The Kier molecular flexibility index (Phi) is 8.11. The normalized spacial score (nSPS) is 10.8. The molecule has 174 valence electrons. The molecular weight excluding hydrogens is 491 g/mol. The Hall–Kier alpha value is -3.00. The minimum atomic E-state index is -0.207. The molecule has 1 amide bonds. The Labute approximate surface area is 212 Å². The Morgan fingerprint density at radius 3 is 2.56 bits per heavy atom. The van der Waals surface area contributed by atoms with E-state index in [-0.39, 0.29) is 18.3 Å². The zero-order valence-electron chi connectivity index (χ0n) is 18.4. The van der Waals surface area contributed by atoms with Crippen LogP contribution in [0, 0.1) is 6.92 Å². The molecule has 34 heavy (non-hydrogen) atoms. The van der Waals surface area contributed by atoms with Gasteiger partial charge < -0.3 is 10.1 Å². The molecule has 0 aliphatic heterocycles. The number of nitrogens with zero attached hydrogens (tertiary/aromatic N) is 3. The SMILES string of the molecule is Cc1ccccc1OCc1nnc(SCC(=O)Nc2ccc(Cl)cc2Cl)n1Cc1ccccc1. The molecule has 0 atom stereocenters. The van der Waals surface area contributed by atoms with E-state index in [0.29, 0.717) is 33.3 Å². The van der Waals surface area contributed by atoms with Crippen molar-refractivity contribution in [1.29, 1.82) is 0 Å². The monoisotopic (exact) mass is 512 g/mol. The summed E-state index contributed by atoms with van der Waals surface area (Å²) in [6.07, 6.45) is 0. The third-order valence-corrected chi connectivity index (χ3v) is 6.48. The Morgan fingerprint density at radius 2 is 1.79 bits per heavy atom. The maximum atomic E-state index is 12.5. The van der Waals surface area contributed by atoms with E-state index in [1.54, 1.807) is 18.2 Å². The molecule has 0 aliphatic rings. The number of halogens is 2. The maximum Gasteiger partial charge on any atom is 0.234 e. The highest BCUT2D eigenvalue weighted by atomic mass is 35.5. The minimum absolute atomic E-state index is 0.143. The number of aryl methyl sites for hydroxylation is 1. The van der Waals surface area contributed by atoms with E-state index in [0.717, 1.165) is 16.9 Å². The lowest BCUT2D eigenvalue weighted by atomic mass is 10.2. The van der Waals surface area contributed by atoms with Crippen LogP contribution in [0.3, 0.4) is 0 Å². The fourth-order valence-corrected chi connectivity index (χ4v) is 4.44. The summed E-state index contributed by atoms with van der Waals surface area (Å²) in [5, 5.41) is 13.0. The van der Waals surface area contributed by atoms with Crippen LogP contribution in [0.5, 0.6) is 5.75 Å². The number of anilines is 1. The van der Waals surface area contributed by atoms with Crippen LogP contribution in [0.4, 0.5) is 5.69 Å². The van der Waals surface area contributed by atoms with Crippen molar-refractivity contribution in [1.82, 2.24) is 14.8 Å². The molecule has 0 unspecified atom stereocenters. The summed E-state index contributed by atoms with van der Waals surface area (Å²) in [5.74, 6) is 1.41. The first kappa shape index (κ1) is 24.1. The summed E-state index contributed by atoms with van der Waals surface area (Å²) in [6, 6.07) is 22.8. The van der Waals surface area contributed by atoms with Gasteiger partial charge in [-0.05, 0) is 42.3 Å². The molecule has 3 aromatic carbocycles. The van der Waals surface area contributed by atoms with Crippen molar-refractivity contribution in [2.24, 2.45) is 0 Å². The second kappa shape index (κ2) is 11.4. The average Bonchev–Trinajstić information content (AvgIpc) is 3.21. The molecule has 0 bridgehead atoms.